The zero-order valence-corrected chi connectivity index (χ0v) is 12.2. The lowest BCUT2D eigenvalue weighted by atomic mass is 9.96. The SMILES string of the molecule is CCCn1ncnc1CC(CC(C)(C)OC)NC. The Kier molecular flexibility index (Phi) is 5.75. The lowest BCUT2D eigenvalue weighted by Gasteiger charge is -2.28. The number of hydrogen-bond acceptors (Lipinski definition) is 4. The van der Waals surface area contributed by atoms with E-state index in [1.165, 1.54) is 0 Å². The van der Waals surface area contributed by atoms with Crippen molar-refractivity contribution < 1.29 is 4.74 Å². The summed E-state index contributed by atoms with van der Waals surface area (Å²) in [7, 11) is 3.74. The van der Waals surface area contributed by atoms with Gasteiger partial charge in [0, 0.05) is 26.1 Å². The highest BCUT2D eigenvalue weighted by Gasteiger charge is 2.23. The minimum atomic E-state index is -0.122. The number of aryl methyl sites for hydroxylation is 1. The van der Waals surface area contributed by atoms with Crippen LogP contribution in [0.4, 0.5) is 0 Å². The topological polar surface area (TPSA) is 52.0 Å². The molecule has 104 valence electrons. The van der Waals surface area contributed by atoms with E-state index in [4.69, 9.17) is 4.74 Å². The zero-order chi connectivity index (χ0) is 13.6. The van der Waals surface area contributed by atoms with Crippen molar-refractivity contribution in [3.8, 4) is 0 Å². The highest BCUT2D eigenvalue weighted by molar-refractivity contribution is 4.91. The van der Waals surface area contributed by atoms with Gasteiger partial charge in [-0.15, -0.1) is 0 Å². The Bertz CT molecular complexity index is 349. The molecule has 5 nitrogen and oxygen atoms in total. The smallest absolute Gasteiger partial charge is 0.138 e. The van der Waals surface area contributed by atoms with Crippen molar-refractivity contribution in [3.05, 3.63) is 12.2 Å². The van der Waals surface area contributed by atoms with Gasteiger partial charge in [0.05, 0.1) is 5.60 Å². The summed E-state index contributed by atoms with van der Waals surface area (Å²) < 4.78 is 7.47. The van der Waals surface area contributed by atoms with Crippen LogP contribution >= 0.6 is 0 Å². The number of aromatic nitrogens is 3. The Morgan fingerprint density at radius 3 is 2.78 bits per heavy atom. The first kappa shape index (κ1) is 15.1. The van der Waals surface area contributed by atoms with Gasteiger partial charge in [-0.2, -0.15) is 5.10 Å². The van der Waals surface area contributed by atoms with Gasteiger partial charge in [0.25, 0.3) is 0 Å². The fraction of sp³-hybridized carbons (Fsp3) is 0.846. The van der Waals surface area contributed by atoms with E-state index in [0.29, 0.717) is 6.04 Å². The Balaban J connectivity index is 2.65. The third-order valence-electron chi connectivity index (χ3n) is 3.26. The summed E-state index contributed by atoms with van der Waals surface area (Å²) in [5.74, 6) is 1.04. The molecule has 0 saturated carbocycles. The summed E-state index contributed by atoms with van der Waals surface area (Å²) >= 11 is 0. The molecule has 0 bridgehead atoms. The van der Waals surface area contributed by atoms with Crippen LogP contribution in [0.5, 0.6) is 0 Å². The molecule has 5 heteroatoms. The molecule has 0 aromatic carbocycles. The summed E-state index contributed by atoms with van der Waals surface area (Å²) in [6.07, 6.45) is 4.53. The first-order valence-corrected chi connectivity index (χ1v) is 6.61. The Morgan fingerprint density at radius 1 is 1.50 bits per heavy atom. The second-order valence-electron chi connectivity index (χ2n) is 5.26. The molecule has 1 N–H and O–H groups in total. The molecule has 0 saturated heterocycles. The van der Waals surface area contributed by atoms with Crippen LogP contribution in [-0.4, -0.2) is 40.6 Å². The van der Waals surface area contributed by atoms with Crippen molar-refractivity contribution in [2.45, 2.75) is 58.2 Å². The maximum absolute atomic E-state index is 5.48. The second kappa shape index (κ2) is 6.85. The van der Waals surface area contributed by atoms with Crippen molar-refractivity contribution in [3.63, 3.8) is 0 Å². The number of rotatable bonds is 8. The molecule has 0 amide bonds. The highest BCUT2D eigenvalue weighted by atomic mass is 16.5. The van der Waals surface area contributed by atoms with Crippen LogP contribution < -0.4 is 5.32 Å². The predicted molar refractivity (Wildman–Crippen MR) is 72.6 cm³/mol. The van der Waals surface area contributed by atoms with Gasteiger partial charge in [0.15, 0.2) is 0 Å². The molecule has 1 aromatic rings. The van der Waals surface area contributed by atoms with Crippen LogP contribution in [0, 0.1) is 0 Å². The summed E-state index contributed by atoms with van der Waals surface area (Å²) in [6.45, 7) is 7.29. The molecular weight excluding hydrogens is 228 g/mol. The molecule has 0 aliphatic rings. The number of likely N-dealkylation sites (N-methyl/N-ethyl adjacent to an activating group) is 1. The second-order valence-corrected chi connectivity index (χ2v) is 5.26. The molecule has 0 aliphatic heterocycles. The lowest BCUT2D eigenvalue weighted by molar-refractivity contribution is 0.00750. The molecule has 1 aromatic heterocycles. The van der Waals surface area contributed by atoms with E-state index in [9.17, 15) is 0 Å². The summed E-state index contributed by atoms with van der Waals surface area (Å²) in [6, 6.07) is 0.347. The average Bonchev–Trinajstić information content (AvgIpc) is 2.76. The maximum atomic E-state index is 5.48. The van der Waals surface area contributed by atoms with Crippen molar-refractivity contribution in [1.29, 1.82) is 0 Å². The molecule has 1 heterocycles. The van der Waals surface area contributed by atoms with Crippen LogP contribution in [0.25, 0.3) is 0 Å². The zero-order valence-electron chi connectivity index (χ0n) is 12.2. The van der Waals surface area contributed by atoms with Crippen LogP contribution in [0.3, 0.4) is 0 Å². The average molecular weight is 254 g/mol. The minimum absolute atomic E-state index is 0.122. The molecule has 0 fully saturated rings. The van der Waals surface area contributed by atoms with Gasteiger partial charge in [0.2, 0.25) is 0 Å². The fourth-order valence-corrected chi connectivity index (χ4v) is 2.02. The van der Waals surface area contributed by atoms with Crippen LogP contribution in [0.2, 0.25) is 0 Å². The highest BCUT2D eigenvalue weighted by Crippen LogP contribution is 2.17. The Morgan fingerprint density at radius 2 is 2.22 bits per heavy atom. The summed E-state index contributed by atoms with van der Waals surface area (Å²) in [5, 5.41) is 7.60. The predicted octanol–water partition coefficient (Wildman–Crippen LogP) is 1.63. The minimum Gasteiger partial charge on any atom is -0.379 e. The van der Waals surface area contributed by atoms with E-state index >= 15 is 0 Å². The van der Waals surface area contributed by atoms with Crippen molar-refractivity contribution in [1.82, 2.24) is 20.1 Å². The Hall–Kier alpha value is -0.940. The molecule has 0 aliphatic carbocycles. The van der Waals surface area contributed by atoms with E-state index in [2.05, 4.69) is 36.2 Å². The Labute approximate surface area is 110 Å². The van der Waals surface area contributed by atoms with Gasteiger partial charge >= 0.3 is 0 Å². The molecule has 1 rings (SSSR count). The first-order chi connectivity index (χ1) is 8.52. The largest absolute Gasteiger partial charge is 0.379 e. The van der Waals surface area contributed by atoms with Crippen molar-refractivity contribution in [2.75, 3.05) is 14.2 Å². The van der Waals surface area contributed by atoms with Crippen LogP contribution in [0.15, 0.2) is 6.33 Å². The molecule has 0 radical (unpaired) electrons. The molecule has 1 atom stereocenters. The van der Waals surface area contributed by atoms with Crippen LogP contribution in [0.1, 0.15) is 39.4 Å². The maximum Gasteiger partial charge on any atom is 0.138 e. The fourth-order valence-electron chi connectivity index (χ4n) is 2.02. The van der Waals surface area contributed by atoms with Gasteiger partial charge < -0.3 is 10.1 Å². The standard InChI is InChI=1S/C13H26N4O/c1-6-7-17-12(15-10-16-17)8-11(14-4)9-13(2,3)18-5/h10-11,14H,6-9H2,1-5H3. The lowest BCUT2D eigenvalue weighted by Crippen LogP contribution is -2.37. The van der Waals surface area contributed by atoms with Crippen molar-refractivity contribution >= 4 is 0 Å². The van der Waals surface area contributed by atoms with Gasteiger partial charge in [0.1, 0.15) is 12.2 Å². The van der Waals surface area contributed by atoms with Gasteiger partial charge in [-0.25, -0.2) is 4.98 Å². The van der Waals surface area contributed by atoms with Crippen LogP contribution in [-0.2, 0) is 17.7 Å². The van der Waals surface area contributed by atoms with E-state index in [-0.39, 0.29) is 5.60 Å². The number of nitrogens with one attached hydrogen (secondary N) is 1. The van der Waals surface area contributed by atoms with E-state index < -0.39 is 0 Å². The number of nitrogens with zero attached hydrogens (tertiary/aromatic N) is 3. The molecular formula is C13H26N4O. The van der Waals surface area contributed by atoms with E-state index in [1.807, 2.05) is 11.7 Å². The van der Waals surface area contributed by atoms with E-state index in [0.717, 1.165) is 31.6 Å². The number of ether oxygens (including phenoxy) is 1. The van der Waals surface area contributed by atoms with E-state index in [1.54, 1.807) is 13.4 Å². The third-order valence-corrected chi connectivity index (χ3v) is 3.26. The van der Waals surface area contributed by atoms with Gasteiger partial charge in [-0.3, -0.25) is 4.68 Å². The van der Waals surface area contributed by atoms with Gasteiger partial charge in [-0.05, 0) is 33.7 Å². The molecule has 0 spiro atoms. The monoisotopic (exact) mass is 254 g/mol. The normalized spacial score (nSPS) is 13.8. The summed E-state index contributed by atoms with van der Waals surface area (Å²) in [4.78, 5) is 4.35. The number of hydrogen-bond donors (Lipinski definition) is 1. The summed E-state index contributed by atoms with van der Waals surface area (Å²) in [5.41, 5.74) is -0.122. The molecule has 1 unspecified atom stereocenters. The first-order valence-electron chi connectivity index (χ1n) is 6.61. The number of methoxy groups -OCH3 is 1. The van der Waals surface area contributed by atoms with Crippen molar-refractivity contribution in [2.24, 2.45) is 0 Å². The third kappa shape index (κ3) is 4.38. The molecule has 18 heavy (non-hydrogen) atoms. The quantitative estimate of drug-likeness (QED) is 0.766. The van der Waals surface area contributed by atoms with Gasteiger partial charge in [-0.1, -0.05) is 6.92 Å².